The molecule has 0 fully saturated rings. The maximum atomic E-state index is 6.72. The van der Waals surface area contributed by atoms with Crippen LogP contribution in [0.1, 0.15) is 25.0 Å². The third-order valence-corrected chi connectivity index (χ3v) is 17.4. The van der Waals surface area contributed by atoms with Gasteiger partial charge in [-0.05, 0) is 153 Å². The molecule has 0 amide bonds. The van der Waals surface area contributed by atoms with Crippen LogP contribution in [-0.2, 0) is 5.41 Å². The van der Waals surface area contributed by atoms with Crippen molar-refractivity contribution in [2.45, 2.75) is 19.3 Å². The minimum absolute atomic E-state index is 0.0930. The topological polar surface area (TPSA) is 27.9 Å². The maximum absolute atomic E-state index is 6.72. The van der Waals surface area contributed by atoms with Crippen LogP contribution in [-0.4, -0.2) is 13.7 Å². The van der Waals surface area contributed by atoms with Gasteiger partial charge < -0.3 is 18.1 Å². The largest absolute Gasteiger partial charge is 0.456 e. The van der Waals surface area contributed by atoms with E-state index in [0.717, 1.165) is 55.6 Å². The number of aromatic nitrogens is 3. The predicted molar refractivity (Wildman–Crippen MR) is 331 cm³/mol. The number of nitrogens with zero attached hydrogens (tertiary/aromatic N) is 3. The number of furan rings is 1. The quantitative estimate of drug-likeness (QED) is 0.163. The molecule has 0 unspecified atom stereocenters. The molecular formula is C75H49N3O. The average Bonchev–Trinajstić information content (AvgIpc) is 4.32. The minimum Gasteiger partial charge on any atom is -0.456 e. The van der Waals surface area contributed by atoms with E-state index >= 15 is 0 Å². The van der Waals surface area contributed by atoms with Crippen LogP contribution in [0.2, 0.25) is 0 Å². The van der Waals surface area contributed by atoms with Gasteiger partial charge in [-0.2, -0.15) is 0 Å². The second kappa shape index (κ2) is 16.4. The van der Waals surface area contributed by atoms with Crippen molar-refractivity contribution in [3.63, 3.8) is 0 Å². The molecule has 370 valence electrons. The fraction of sp³-hybridized carbons (Fsp3) is 0.0400. The predicted octanol–water partition coefficient (Wildman–Crippen LogP) is 20.2. The summed E-state index contributed by atoms with van der Waals surface area (Å²) in [6, 6.07) is 96.1. The van der Waals surface area contributed by atoms with Crippen molar-refractivity contribution in [3.8, 4) is 61.6 Å². The van der Waals surface area contributed by atoms with Crippen molar-refractivity contribution < 1.29 is 4.42 Å². The molecule has 0 spiro atoms. The molecule has 0 saturated heterocycles. The number of hydrogen-bond acceptors (Lipinski definition) is 1. The zero-order chi connectivity index (χ0) is 52.1. The van der Waals surface area contributed by atoms with Crippen molar-refractivity contribution in [2.75, 3.05) is 0 Å². The fourth-order valence-corrected chi connectivity index (χ4v) is 13.8. The molecule has 4 heterocycles. The third kappa shape index (κ3) is 6.31. The second-order valence-electron chi connectivity index (χ2n) is 22.0. The average molecular weight is 1010 g/mol. The van der Waals surface area contributed by atoms with Gasteiger partial charge in [-0.1, -0.05) is 172 Å². The van der Waals surface area contributed by atoms with Crippen molar-refractivity contribution in [1.82, 2.24) is 13.7 Å². The van der Waals surface area contributed by atoms with E-state index < -0.39 is 0 Å². The first-order valence-electron chi connectivity index (χ1n) is 27.4. The zero-order valence-electron chi connectivity index (χ0n) is 43.6. The fourth-order valence-electron chi connectivity index (χ4n) is 13.8. The Balaban J connectivity index is 0.812. The maximum Gasteiger partial charge on any atom is 0.136 e. The highest BCUT2D eigenvalue weighted by Crippen LogP contribution is 2.52. The lowest BCUT2D eigenvalue weighted by Gasteiger charge is -2.21. The highest BCUT2D eigenvalue weighted by molar-refractivity contribution is 6.17. The monoisotopic (exact) mass is 1010 g/mol. The van der Waals surface area contributed by atoms with Gasteiger partial charge in [-0.15, -0.1) is 0 Å². The van der Waals surface area contributed by atoms with E-state index in [4.69, 9.17) is 4.42 Å². The summed E-state index contributed by atoms with van der Waals surface area (Å²) in [6.45, 7) is 4.72. The van der Waals surface area contributed by atoms with Crippen LogP contribution >= 0.6 is 0 Å². The van der Waals surface area contributed by atoms with E-state index in [1.807, 2.05) is 0 Å². The molecule has 0 atom stereocenters. The SMILES string of the molecule is CC1(C)c2ccccc2-c2c(-n3c4ccccc4c4cc(-c5cccc6oc7ccc(-c8ccc9c(c8)c8cc(-c%10ccc%11c%12ccccc%12n(-c%12ccccc%12)c%11c%10)ccc8n9-c8ccccc8)cc7c56)ccc43)cccc21. The molecule has 1 aliphatic rings. The van der Waals surface area contributed by atoms with Gasteiger partial charge in [-0.25, -0.2) is 0 Å². The molecule has 0 N–H and O–H groups in total. The van der Waals surface area contributed by atoms with Gasteiger partial charge >= 0.3 is 0 Å². The normalized spacial score (nSPS) is 13.0. The highest BCUT2D eigenvalue weighted by Gasteiger charge is 2.37. The summed E-state index contributed by atoms with van der Waals surface area (Å²) >= 11 is 0. The summed E-state index contributed by atoms with van der Waals surface area (Å²) in [5.41, 5.74) is 24.6. The number of hydrogen-bond donors (Lipinski definition) is 0. The van der Waals surface area contributed by atoms with E-state index in [1.165, 1.54) is 104 Å². The van der Waals surface area contributed by atoms with Gasteiger partial charge in [-0.3, -0.25) is 0 Å². The molecule has 0 aliphatic heterocycles. The lowest BCUT2D eigenvalue weighted by molar-refractivity contribution is 0.660. The highest BCUT2D eigenvalue weighted by atomic mass is 16.3. The van der Waals surface area contributed by atoms with E-state index in [-0.39, 0.29) is 5.41 Å². The minimum atomic E-state index is -0.0930. The molecule has 17 rings (SSSR count). The van der Waals surface area contributed by atoms with Gasteiger partial charge in [0.25, 0.3) is 0 Å². The number of fused-ring (bicyclic) bond motifs is 15. The molecule has 0 radical (unpaired) electrons. The molecule has 16 aromatic rings. The Bertz CT molecular complexity index is 5220. The first-order valence-corrected chi connectivity index (χ1v) is 27.4. The van der Waals surface area contributed by atoms with E-state index in [1.54, 1.807) is 0 Å². The van der Waals surface area contributed by atoms with Crippen molar-refractivity contribution >= 4 is 87.4 Å². The molecule has 4 nitrogen and oxygen atoms in total. The van der Waals surface area contributed by atoms with E-state index in [2.05, 4.69) is 288 Å². The van der Waals surface area contributed by atoms with Crippen LogP contribution in [0.15, 0.2) is 265 Å². The molecule has 0 bridgehead atoms. The Morgan fingerprint density at radius 2 is 0.759 bits per heavy atom. The smallest absolute Gasteiger partial charge is 0.136 e. The molecule has 12 aromatic carbocycles. The van der Waals surface area contributed by atoms with Crippen LogP contribution in [0.5, 0.6) is 0 Å². The molecule has 79 heavy (non-hydrogen) atoms. The summed E-state index contributed by atoms with van der Waals surface area (Å²) in [6.07, 6.45) is 0. The molecule has 4 aromatic heterocycles. The Kier molecular flexibility index (Phi) is 9.15. The van der Waals surface area contributed by atoms with Crippen molar-refractivity contribution in [1.29, 1.82) is 0 Å². The second-order valence-corrected chi connectivity index (χ2v) is 22.0. The van der Waals surface area contributed by atoms with Gasteiger partial charge in [0, 0.05) is 65.4 Å². The van der Waals surface area contributed by atoms with Crippen LogP contribution < -0.4 is 0 Å². The lowest BCUT2D eigenvalue weighted by atomic mass is 9.82. The van der Waals surface area contributed by atoms with Crippen LogP contribution in [0.4, 0.5) is 0 Å². The van der Waals surface area contributed by atoms with E-state index in [0.29, 0.717) is 0 Å². The van der Waals surface area contributed by atoms with Crippen LogP contribution in [0, 0.1) is 0 Å². The van der Waals surface area contributed by atoms with E-state index in [9.17, 15) is 0 Å². The summed E-state index contributed by atoms with van der Waals surface area (Å²) in [5, 5.41) is 9.60. The van der Waals surface area contributed by atoms with Crippen molar-refractivity contribution in [2.24, 2.45) is 0 Å². The summed E-state index contributed by atoms with van der Waals surface area (Å²) in [5.74, 6) is 0. The summed E-state index contributed by atoms with van der Waals surface area (Å²) < 4.78 is 14.0. The Labute approximate surface area is 455 Å². The van der Waals surface area contributed by atoms with Crippen LogP contribution in [0.3, 0.4) is 0 Å². The molecule has 4 heteroatoms. The first-order chi connectivity index (χ1) is 38.9. The Morgan fingerprint density at radius 3 is 1.48 bits per heavy atom. The Morgan fingerprint density at radius 1 is 0.291 bits per heavy atom. The molecule has 0 saturated carbocycles. The first kappa shape index (κ1) is 44.0. The summed E-state index contributed by atoms with van der Waals surface area (Å²) in [4.78, 5) is 0. The third-order valence-electron chi connectivity index (χ3n) is 17.4. The zero-order valence-corrected chi connectivity index (χ0v) is 43.6. The van der Waals surface area contributed by atoms with Gasteiger partial charge in [0.1, 0.15) is 11.2 Å². The molecular weight excluding hydrogens is 959 g/mol. The summed E-state index contributed by atoms with van der Waals surface area (Å²) in [7, 11) is 0. The number of rotatable bonds is 6. The van der Waals surface area contributed by atoms with Crippen LogP contribution in [0.25, 0.3) is 149 Å². The lowest BCUT2D eigenvalue weighted by Crippen LogP contribution is -2.14. The number of benzene rings is 12. The Hall–Kier alpha value is -10.2. The van der Waals surface area contributed by atoms with Gasteiger partial charge in [0.2, 0.25) is 0 Å². The van der Waals surface area contributed by atoms with Gasteiger partial charge in [0.15, 0.2) is 0 Å². The molecule has 1 aliphatic carbocycles. The van der Waals surface area contributed by atoms with Gasteiger partial charge in [0.05, 0.1) is 38.8 Å². The van der Waals surface area contributed by atoms with Crippen molar-refractivity contribution in [3.05, 3.63) is 272 Å². The number of para-hydroxylation sites is 4. The standard InChI is InChI=1S/C75H49N3O/c1-75(2)62-25-12-9-23-57(62)74-63(75)26-16-29-69(74)78-65-28-14-11-22-55(65)58-44-50(34-39-68(58)78)53-24-15-30-72-73(53)61-43-48(35-40-71(61)79-72)46-32-37-66-59(41-46)60-42-47(33-38-67(60)76(66)51-17-5-3-6-18-51)49-31-36-56-54-21-10-13-27-64(54)77(70(56)45-49)52-19-7-4-8-20-52/h3-45H,1-2H3.